The van der Waals surface area contributed by atoms with Crippen LogP contribution in [0, 0.1) is 0 Å². The Balaban J connectivity index is 2.60. The molecule has 0 fully saturated rings. The van der Waals surface area contributed by atoms with Gasteiger partial charge in [-0.05, 0) is 44.3 Å². The largest absolute Gasteiger partial charge is 0.323 e. The minimum absolute atomic E-state index is 0.201. The summed E-state index contributed by atoms with van der Waals surface area (Å²) < 4.78 is 2.24. The lowest BCUT2D eigenvalue weighted by molar-refractivity contribution is 0.611. The number of thiophene rings is 1. The fourth-order valence-corrected chi connectivity index (χ4v) is 3.24. The van der Waals surface area contributed by atoms with Crippen LogP contribution in [0.15, 0.2) is 14.3 Å². The molecule has 1 aromatic heterocycles. The fraction of sp³-hybridized carbons (Fsp3) is 0.556. The van der Waals surface area contributed by atoms with E-state index < -0.39 is 0 Å². The minimum atomic E-state index is 0.201. The van der Waals surface area contributed by atoms with Gasteiger partial charge in [-0.1, -0.05) is 19.8 Å². The molecule has 74 valence electrons. The number of halogens is 2. The van der Waals surface area contributed by atoms with Crippen molar-refractivity contribution in [2.75, 3.05) is 0 Å². The molecular weight excluding hydrogens is 314 g/mol. The zero-order valence-corrected chi connectivity index (χ0v) is 11.5. The molecule has 1 atom stereocenters. The first-order valence-electron chi connectivity index (χ1n) is 4.35. The monoisotopic (exact) mass is 325 g/mol. The molecular formula is C9H13Br2NS. The number of hydrogen-bond donors (Lipinski definition) is 1. The molecule has 1 rings (SSSR count). The lowest BCUT2D eigenvalue weighted by Gasteiger charge is -2.07. The minimum Gasteiger partial charge on any atom is -0.323 e. The average Bonchev–Trinajstić information content (AvgIpc) is 2.43. The highest BCUT2D eigenvalue weighted by molar-refractivity contribution is 9.13. The number of nitrogens with two attached hydrogens (primary N) is 1. The van der Waals surface area contributed by atoms with E-state index in [2.05, 4.69) is 44.8 Å². The Morgan fingerprint density at radius 1 is 1.54 bits per heavy atom. The van der Waals surface area contributed by atoms with E-state index in [-0.39, 0.29) is 6.04 Å². The second-order valence-corrected chi connectivity index (χ2v) is 6.28. The molecule has 0 saturated heterocycles. The second kappa shape index (κ2) is 5.49. The summed E-state index contributed by atoms with van der Waals surface area (Å²) in [6.07, 6.45) is 3.49. The van der Waals surface area contributed by atoms with Crippen LogP contribution < -0.4 is 5.73 Å². The molecule has 0 aliphatic heterocycles. The lowest BCUT2D eigenvalue weighted by Crippen LogP contribution is -2.07. The number of hydrogen-bond acceptors (Lipinski definition) is 2. The smallest absolute Gasteiger partial charge is 0.0843 e. The van der Waals surface area contributed by atoms with Gasteiger partial charge in [0, 0.05) is 15.4 Å². The van der Waals surface area contributed by atoms with Crippen molar-refractivity contribution in [1.82, 2.24) is 0 Å². The summed E-state index contributed by atoms with van der Waals surface area (Å²) in [5.74, 6) is 0. The Hall–Kier alpha value is 0.620. The van der Waals surface area contributed by atoms with Crippen LogP contribution in [0.3, 0.4) is 0 Å². The van der Waals surface area contributed by atoms with Crippen molar-refractivity contribution >= 4 is 43.2 Å². The van der Waals surface area contributed by atoms with E-state index in [1.54, 1.807) is 11.3 Å². The lowest BCUT2D eigenvalue weighted by atomic mass is 10.1. The van der Waals surface area contributed by atoms with Crippen molar-refractivity contribution in [3.8, 4) is 0 Å². The van der Waals surface area contributed by atoms with Crippen molar-refractivity contribution < 1.29 is 0 Å². The Kier molecular flexibility index (Phi) is 4.94. The Morgan fingerprint density at radius 2 is 2.23 bits per heavy atom. The Bertz CT molecular complexity index is 253. The van der Waals surface area contributed by atoms with E-state index in [0.29, 0.717) is 0 Å². The van der Waals surface area contributed by atoms with Crippen LogP contribution in [0.5, 0.6) is 0 Å². The van der Waals surface area contributed by atoms with Gasteiger partial charge in [-0.25, -0.2) is 0 Å². The zero-order valence-electron chi connectivity index (χ0n) is 7.52. The van der Waals surface area contributed by atoms with Gasteiger partial charge in [-0.3, -0.25) is 0 Å². The first-order valence-corrected chi connectivity index (χ1v) is 6.75. The van der Waals surface area contributed by atoms with Crippen LogP contribution in [-0.2, 0) is 0 Å². The molecule has 2 N–H and O–H groups in total. The third-order valence-corrected chi connectivity index (χ3v) is 5.29. The maximum atomic E-state index is 6.03. The van der Waals surface area contributed by atoms with Gasteiger partial charge in [-0.15, -0.1) is 11.3 Å². The molecule has 1 heterocycles. The highest BCUT2D eigenvalue weighted by Gasteiger charge is 2.10. The first kappa shape index (κ1) is 11.7. The van der Waals surface area contributed by atoms with E-state index >= 15 is 0 Å². The summed E-state index contributed by atoms with van der Waals surface area (Å²) >= 11 is 8.65. The van der Waals surface area contributed by atoms with Gasteiger partial charge in [-0.2, -0.15) is 0 Å². The van der Waals surface area contributed by atoms with Gasteiger partial charge in [0.1, 0.15) is 0 Å². The van der Waals surface area contributed by atoms with Gasteiger partial charge in [0.2, 0.25) is 0 Å². The van der Waals surface area contributed by atoms with Crippen molar-refractivity contribution in [2.45, 2.75) is 32.2 Å². The molecule has 1 nitrogen and oxygen atoms in total. The summed E-state index contributed by atoms with van der Waals surface area (Å²) in [5.41, 5.74) is 6.03. The van der Waals surface area contributed by atoms with E-state index in [9.17, 15) is 0 Å². The maximum Gasteiger partial charge on any atom is 0.0843 e. The van der Waals surface area contributed by atoms with Crippen LogP contribution in [0.4, 0.5) is 0 Å². The number of rotatable bonds is 4. The third-order valence-electron chi connectivity index (χ3n) is 1.90. The normalized spacial score (nSPS) is 13.2. The molecule has 13 heavy (non-hydrogen) atoms. The molecule has 0 radical (unpaired) electrons. The molecule has 1 aromatic rings. The summed E-state index contributed by atoms with van der Waals surface area (Å²) in [5, 5.41) is 0. The van der Waals surface area contributed by atoms with Crippen molar-refractivity contribution in [2.24, 2.45) is 5.73 Å². The summed E-state index contributed by atoms with van der Waals surface area (Å²) in [4.78, 5) is 1.26. The SMILES string of the molecule is CCCCC(N)c1cc(Br)c(Br)s1. The van der Waals surface area contributed by atoms with Gasteiger partial charge in [0.15, 0.2) is 0 Å². The molecule has 0 aromatic carbocycles. The molecule has 4 heteroatoms. The number of unbranched alkanes of at least 4 members (excludes halogenated alkanes) is 1. The van der Waals surface area contributed by atoms with Crippen molar-refractivity contribution in [3.05, 3.63) is 19.2 Å². The molecule has 0 bridgehead atoms. The molecule has 1 unspecified atom stereocenters. The Labute approximate surface area is 100.0 Å². The van der Waals surface area contributed by atoms with Gasteiger partial charge < -0.3 is 5.73 Å². The second-order valence-electron chi connectivity index (χ2n) is 3.02. The van der Waals surface area contributed by atoms with Crippen LogP contribution in [0.1, 0.15) is 37.1 Å². The van der Waals surface area contributed by atoms with E-state index in [1.807, 2.05) is 0 Å². The predicted molar refractivity (Wildman–Crippen MR) is 66.2 cm³/mol. The quantitative estimate of drug-likeness (QED) is 0.868. The van der Waals surface area contributed by atoms with E-state index in [1.165, 1.54) is 17.7 Å². The standard InChI is InChI=1S/C9H13Br2NS/c1-2-3-4-7(12)8-5-6(10)9(11)13-8/h5,7H,2-4,12H2,1H3. The molecule has 0 aliphatic rings. The van der Waals surface area contributed by atoms with E-state index in [0.717, 1.165) is 14.7 Å². The van der Waals surface area contributed by atoms with Crippen LogP contribution in [0.25, 0.3) is 0 Å². The highest BCUT2D eigenvalue weighted by Crippen LogP contribution is 2.35. The van der Waals surface area contributed by atoms with Gasteiger partial charge in [0.25, 0.3) is 0 Å². The van der Waals surface area contributed by atoms with Crippen molar-refractivity contribution in [3.63, 3.8) is 0 Å². The molecule has 0 amide bonds. The average molecular weight is 327 g/mol. The summed E-state index contributed by atoms with van der Waals surface area (Å²) in [6, 6.07) is 2.31. The highest BCUT2D eigenvalue weighted by atomic mass is 79.9. The van der Waals surface area contributed by atoms with E-state index in [4.69, 9.17) is 5.73 Å². The Morgan fingerprint density at radius 3 is 2.69 bits per heavy atom. The topological polar surface area (TPSA) is 26.0 Å². The van der Waals surface area contributed by atoms with Crippen LogP contribution in [-0.4, -0.2) is 0 Å². The predicted octanol–water partition coefficient (Wildman–Crippen LogP) is 4.46. The van der Waals surface area contributed by atoms with Gasteiger partial charge in [0.05, 0.1) is 3.79 Å². The van der Waals surface area contributed by atoms with Crippen LogP contribution in [0.2, 0.25) is 0 Å². The summed E-state index contributed by atoms with van der Waals surface area (Å²) in [6.45, 7) is 2.19. The van der Waals surface area contributed by atoms with Crippen LogP contribution >= 0.6 is 43.2 Å². The molecule has 0 aliphatic carbocycles. The molecule has 0 spiro atoms. The zero-order chi connectivity index (χ0) is 9.84. The maximum absolute atomic E-state index is 6.03. The third kappa shape index (κ3) is 3.35. The van der Waals surface area contributed by atoms with Gasteiger partial charge >= 0.3 is 0 Å². The van der Waals surface area contributed by atoms with Crippen molar-refractivity contribution in [1.29, 1.82) is 0 Å². The fourth-order valence-electron chi connectivity index (χ4n) is 1.11. The first-order chi connectivity index (χ1) is 6.15. The molecule has 0 saturated carbocycles. The summed E-state index contributed by atoms with van der Waals surface area (Å²) in [7, 11) is 0.